The molecule has 0 saturated heterocycles. The largest absolute Gasteiger partial charge is 0.497 e. The Kier molecular flexibility index (Phi) is 3.91. The maximum absolute atomic E-state index is 11.9. The molecule has 1 amide bonds. The molecule has 2 N–H and O–H groups in total. The molecule has 0 fully saturated rings. The number of ether oxygens (including phenoxy) is 1. The zero-order valence-electron chi connectivity index (χ0n) is 9.81. The van der Waals surface area contributed by atoms with Gasteiger partial charge in [0.2, 0.25) is 5.91 Å². The molecule has 0 bridgehead atoms. The highest BCUT2D eigenvalue weighted by atomic mass is 32.2. The average molecular weight is 252 g/mol. The van der Waals surface area contributed by atoms with Crippen molar-refractivity contribution in [1.29, 1.82) is 0 Å². The fraction of sp³-hybridized carbons (Fsp3) is 0.417. The highest BCUT2D eigenvalue weighted by Crippen LogP contribution is 2.37. The van der Waals surface area contributed by atoms with Gasteiger partial charge in [0.15, 0.2) is 0 Å². The van der Waals surface area contributed by atoms with Crippen LogP contribution in [0.3, 0.4) is 0 Å². The minimum Gasteiger partial charge on any atom is -0.497 e. The zero-order chi connectivity index (χ0) is 12.3. The molecule has 0 aromatic heterocycles. The van der Waals surface area contributed by atoms with Gasteiger partial charge in [0, 0.05) is 30.2 Å². The van der Waals surface area contributed by atoms with Gasteiger partial charge >= 0.3 is 0 Å². The summed E-state index contributed by atoms with van der Waals surface area (Å²) in [5, 5.41) is 0. The van der Waals surface area contributed by atoms with Crippen molar-refractivity contribution in [3.05, 3.63) is 18.2 Å². The van der Waals surface area contributed by atoms with E-state index in [2.05, 4.69) is 0 Å². The monoisotopic (exact) mass is 252 g/mol. The van der Waals surface area contributed by atoms with Crippen LogP contribution in [0, 0.1) is 0 Å². The molecule has 17 heavy (non-hydrogen) atoms. The van der Waals surface area contributed by atoms with Crippen molar-refractivity contribution < 1.29 is 9.53 Å². The number of fused-ring (bicyclic) bond motifs is 1. The lowest BCUT2D eigenvalue weighted by molar-refractivity contribution is -0.118. The number of hydrogen-bond acceptors (Lipinski definition) is 4. The van der Waals surface area contributed by atoms with Gasteiger partial charge in [-0.1, -0.05) is 0 Å². The number of thioether (sulfide) groups is 1. The molecule has 92 valence electrons. The van der Waals surface area contributed by atoms with Gasteiger partial charge in [-0.3, -0.25) is 4.79 Å². The molecule has 1 aromatic carbocycles. The van der Waals surface area contributed by atoms with E-state index < -0.39 is 0 Å². The van der Waals surface area contributed by atoms with Crippen molar-refractivity contribution in [2.45, 2.75) is 11.3 Å². The summed E-state index contributed by atoms with van der Waals surface area (Å²) in [7, 11) is 1.65. The second-order valence-electron chi connectivity index (χ2n) is 3.77. The van der Waals surface area contributed by atoms with Crippen LogP contribution in [0.25, 0.3) is 0 Å². The van der Waals surface area contributed by atoms with Crippen LogP contribution in [-0.2, 0) is 4.79 Å². The van der Waals surface area contributed by atoms with E-state index in [1.807, 2.05) is 23.1 Å². The molecule has 0 atom stereocenters. The molecule has 1 aliphatic rings. The molecular formula is C12H16N2O2S. The first-order valence-corrected chi connectivity index (χ1v) is 6.56. The molecule has 1 aromatic rings. The highest BCUT2D eigenvalue weighted by molar-refractivity contribution is 7.99. The van der Waals surface area contributed by atoms with Crippen LogP contribution < -0.4 is 15.4 Å². The van der Waals surface area contributed by atoms with Gasteiger partial charge in [0.25, 0.3) is 0 Å². The Balaban J connectivity index is 2.28. The fourth-order valence-electron chi connectivity index (χ4n) is 1.84. The average Bonchev–Trinajstić information content (AvgIpc) is 2.37. The van der Waals surface area contributed by atoms with E-state index in [-0.39, 0.29) is 5.91 Å². The fourth-order valence-corrected chi connectivity index (χ4v) is 2.86. The first kappa shape index (κ1) is 12.3. The summed E-state index contributed by atoms with van der Waals surface area (Å²) >= 11 is 1.75. The topological polar surface area (TPSA) is 55.6 Å². The van der Waals surface area contributed by atoms with E-state index in [9.17, 15) is 4.79 Å². The molecule has 0 spiro atoms. The van der Waals surface area contributed by atoms with Crippen molar-refractivity contribution >= 4 is 23.4 Å². The summed E-state index contributed by atoms with van der Waals surface area (Å²) in [6, 6.07) is 5.80. The first-order chi connectivity index (χ1) is 8.26. The van der Waals surface area contributed by atoms with E-state index in [0.29, 0.717) is 13.0 Å². The van der Waals surface area contributed by atoms with Crippen LogP contribution in [0.4, 0.5) is 5.69 Å². The quantitative estimate of drug-likeness (QED) is 0.885. The Hall–Kier alpha value is -1.20. The van der Waals surface area contributed by atoms with Crippen LogP contribution in [0.2, 0.25) is 0 Å². The van der Waals surface area contributed by atoms with Gasteiger partial charge in [-0.2, -0.15) is 0 Å². The van der Waals surface area contributed by atoms with Crippen molar-refractivity contribution in [2.75, 3.05) is 30.9 Å². The lowest BCUT2D eigenvalue weighted by Crippen LogP contribution is -2.36. The predicted molar refractivity (Wildman–Crippen MR) is 69.7 cm³/mol. The third-order valence-corrected chi connectivity index (χ3v) is 3.71. The summed E-state index contributed by atoms with van der Waals surface area (Å²) in [5.74, 6) is 1.83. The standard InChI is InChI=1S/C12H16N2O2S/c1-16-9-2-3-10-11(8-9)17-7-6-14(10)12(15)4-5-13/h2-3,8H,4-7,13H2,1H3. The molecule has 0 unspecified atom stereocenters. The Labute approximate surface area is 105 Å². The van der Waals surface area contributed by atoms with Crippen molar-refractivity contribution in [2.24, 2.45) is 5.73 Å². The summed E-state index contributed by atoms with van der Waals surface area (Å²) in [6.07, 6.45) is 0.399. The highest BCUT2D eigenvalue weighted by Gasteiger charge is 2.22. The van der Waals surface area contributed by atoms with Crippen LogP contribution in [-0.4, -0.2) is 31.9 Å². The number of nitrogens with two attached hydrogens (primary N) is 1. The number of amides is 1. The van der Waals surface area contributed by atoms with Crippen LogP contribution in [0.5, 0.6) is 5.75 Å². The minimum atomic E-state index is 0.0965. The predicted octanol–water partition coefficient (Wildman–Crippen LogP) is 1.48. The van der Waals surface area contributed by atoms with Gasteiger partial charge in [-0.15, -0.1) is 11.8 Å². The summed E-state index contributed by atoms with van der Waals surface area (Å²) in [4.78, 5) is 14.8. The van der Waals surface area contributed by atoms with E-state index in [1.165, 1.54) is 0 Å². The molecule has 4 nitrogen and oxygen atoms in total. The second-order valence-corrected chi connectivity index (χ2v) is 4.90. The molecule has 1 aliphatic heterocycles. The van der Waals surface area contributed by atoms with Crippen molar-refractivity contribution in [3.63, 3.8) is 0 Å². The number of hydrogen-bond donors (Lipinski definition) is 1. The number of anilines is 1. The van der Waals surface area contributed by atoms with E-state index >= 15 is 0 Å². The summed E-state index contributed by atoms with van der Waals surface area (Å²) in [6.45, 7) is 1.15. The Morgan fingerprint density at radius 3 is 3.12 bits per heavy atom. The van der Waals surface area contributed by atoms with Crippen LogP contribution in [0.1, 0.15) is 6.42 Å². The second kappa shape index (κ2) is 5.42. The Bertz CT molecular complexity index is 423. The smallest absolute Gasteiger partial charge is 0.228 e. The zero-order valence-corrected chi connectivity index (χ0v) is 10.6. The SMILES string of the molecule is COc1ccc2c(c1)SCCN2C(=O)CCN. The van der Waals surface area contributed by atoms with Crippen molar-refractivity contribution in [1.82, 2.24) is 0 Å². The van der Waals surface area contributed by atoms with E-state index in [1.54, 1.807) is 18.9 Å². The molecule has 5 heteroatoms. The van der Waals surface area contributed by atoms with Gasteiger partial charge in [0.05, 0.1) is 12.8 Å². The maximum Gasteiger partial charge on any atom is 0.228 e. The third-order valence-electron chi connectivity index (χ3n) is 2.69. The molecule has 0 aliphatic carbocycles. The van der Waals surface area contributed by atoms with Crippen molar-refractivity contribution in [3.8, 4) is 5.75 Å². The number of nitrogens with zero attached hydrogens (tertiary/aromatic N) is 1. The van der Waals surface area contributed by atoms with Gasteiger partial charge in [0.1, 0.15) is 5.75 Å². The minimum absolute atomic E-state index is 0.0965. The maximum atomic E-state index is 11.9. The first-order valence-electron chi connectivity index (χ1n) is 5.57. The Morgan fingerprint density at radius 2 is 2.41 bits per heavy atom. The number of carbonyl (C=O) groups excluding carboxylic acids is 1. The van der Waals surface area contributed by atoms with E-state index in [4.69, 9.17) is 10.5 Å². The summed E-state index contributed by atoms with van der Waals surface area (Å²) < 4.78 is 5.19. The molecule has 0 saturated carbocycles. The van der Waals surface area contributed by atoms with E-state index in [0.717, 1.165) is 28.6 Å². The summed E-state index contributed by atoms with van der Waals surface area (Å²) in [5.41, 5.74) is 6.40. The number of rotatable bonds is 3. The number of carbonyl (C=O) groups is 1. The lowest BCUT2D eigenvalue weighted by atomic mass is 10.2. The molecular weight excluding hydrogens is 236 g/mol. The molecule has 2 rings (SSSR count). The third kappa shape index (κ3) is 2.56. The van der Waals surface area contributed by atoms with Crippen LogP contribution in [0.15, 0.2) is 23.1 Å². The number of benzene rings is 1. The Morgan fingerprint density at radius 1 is 1.59 bits per heavy atom. The van der Waals surface area contributed by atoms with Gasteiger partial charge in [-0.25, -0.2) is 0 Å². The number of methoxy groups -OCH3 is 1. The van der Waals surface area contributed by atoms with Gasteiger partial charge in [-0.05, 0) is 18.2 Å². The normalized spacial score (nSPS) is 14.4. The van der Waals surface area contributed by atoms with Gasteiger partial charge < -0.3 is 15.4 Å². The lowest BCUT2D eigenvalue weighted by Gasteiger charge is -2.29. The molecule has 0 radical (unpaired) electrons. The molecule has 1 heterocycles. The van der Waals surface area contributed by atoms with Crippen LogP contribution >= 0.6 is 11.8 Å².